The Balaban J connectivity index is 1.55. The fourth-order valence-electron chi connectivity index (χ4n) is 2.71. The van der Waals surface area contributed by atoms with Crippen LogP contribution in [0.3, 0.4) is 0 Å². The molecule has 0 spiro atoms. The molecule has 0 saturated carbocycles. The van der Waals surface area contributed by atoms with E-state index in [2.05, 4.69) is 10.3 Å². The Labute approximate surface area is 169 Å². The molecular weight excluding hydrogens is 412 g/mol. The van der Waals surface area contributed by atoms with Crippen LogP contribution in [0.25, 0.3) is 27.3 Å². The highest BCUT2D eigenvalue weighted by molar-refractivity contribution is 7.90. The number of aromatic nitrogens is 1. The van der Waals surface area contributed by atoms with Crippen molar-refractivity contribution in [2.75, 3.05) is 11.6 Å². The zero-order valence-electron chi connectivity index (χ0n) is 15.1. The van der Waals surface area contributed by atoms with Crippen LogP contribution in [-0.4, -0.2) is 25.6 Å². The van der Waals surface area contributed by atoms with E-state index < -0.39 is 15.7 Å². The van der Waals surface area contributed by atoms with Crippen LogP contribution in [0.1, 0.15) is 5.56 Å². The second-order valence-electron chi connectivity index (χ2n) is 6.26. The topological polar surface area (TPSA) is 106 Å². The number of benzene rings is 2. The smallest absolute Gasteiger partial charge is 0.250 e. The van der Waals surface area contributed by atoms with Crippen LogP contribution in [0.2, 0.25) is 0 Å². The van der Waals surface area contributed by atoms with Crippen molar-refractivity contribution >= 4 is 59.5 Å². The van der Waals surface area contributed by atoms with Gasteiger partial charge in [0.25, 0.3) is 0 Å². The summed E-state index contributed by atoms with van der Waals surface area (Å²) in [5, 5.41) is 3.37. The van der Waals surface area contributed by atoms with Crippen molar-refractivity contribution in [3.8, 4) is 0 Å². The lowest BCUT2D eigenvalue weighted by Crippen LogP contribution is -2.09. The standard InChI is InChI=1S/C20H14N2O5S2/c1-29(25,26)13-7-8-15-17(10-13)28-20(21-15)22-18(23)9-6-12-11-27-16-5-3-2-4-14(16)19(12)24/h2-11H,1H3,(H,21,22,23)/b9-6+. The predicted octanol–water partition coefficient (Wildman–Crippen LogP) is 3.46. The molecule has 2 heterocycles. The van der Waals surface area contributed by atoms with Gasteiger partial charge in [-0.15, -0.1) is 0 Å². The van der Waals surface area contributed by atoms with E-state index in [1.165, 1.54) is 30.5 Å². The van der Waals surface area contributed by atoms with Crippen molar-refractivity contribution in [2.45, 2.75) is 4.90 Å². The van der Waals surface area contributed by atoms with Crippen LogP contribution in [0.4, 0.5) is 5.13 Å². The number of nitrogens with zero attached hydrogens (tertiary/aromatic N) is 1. The van der Waals surface area contributed by atoms with Crippen molar-refractivity contribution in [1.29, 1.82) is 0 Å². The number of fused-ring (bicyclic) bond motifs is 2. The van der Waals surface area contributed by atoms with Gasteiger partial charge in [0.15, 0.2) is 20.4 Å². The first-order chi connectivity index (χ1) is 13.8. The van der Waals surface area contributed by atoms with Gasteiger partial charge in [-0.1, -0.05) is 23.5 Å². The molecule has 0 bridgehead atoms. The normalized spacial score (nSPS) is 12.0. The van der Waals surface area contributed by atoms with Gasteiger partial charge in [0.1, 0.15) is 11.8 Å². The molecule has 1 amide bonds. The summed E-state index contributed by atoms with van der Waals surface area (Å²) in [7, 11) is -3.33. The average molecular weight is 426 g/mol. The number of rotatable bonds is 4. The second-order valence-corrected chi connectivity index (χ2v) is 9.31. The van der Waals surface area contributed by atoms with E-state index >= 15 is 0 Å². The fourth-order valence-corrected chi connectivity index (χ4v) is 4.34. The van der Waals surface area contributed by atoms with Crippen LogP contribution in [0.15, 0.2) is 68.9 Å². The maximum Gasteiger partial charge on any atom is 0.250 e. The summed E-state index contributed by atoms with van der Waals surface area (Å²) in [4.78, 5) is 29.1. The lowest BCUT2D eigenvalue weighted by atomic mass is 10.1. The number of sulfone groups is 1. The van der Waals surface area contributed by atoms with E-state index in [0.29, 0.717) is 26.3 Å². The Kier molecular flexibility index (Phi) is 4.77. The monoisotopic (exact) mass is 426 g/mol. The molecule has 4 rings (SSSR count). The second kappa shape index (κ2) is 7.26. The zero-order valence-corrected chi connectivity index (χ0v) is 16.7. The minimum atomic E-state index is -3.33. The lowest BCUT2D eigenvalue weighted by molar-refractivity contribution is -0.111. The highest BCUT2D eigenvalue weighted by Crippen LogP contribution is 2.28. The third-order valence-corrected chi connectivity index (χ3v) is 6.18. The highest BCUT2D eigenvalue weighted by Gasteiger charge is 2.12. The molecule has 146 valence electrons. The SMILES string of the molecule is CS(=O)(=O)c1ccc2nc(NC(=O)/C=C/c3coc4ccccc4c3=O)sc2c1. The number of thiazole rings is 1. The van der Waals surface area contributed by atoms with Crippen molar-refractivity contribution in [2.24, 2.45) is 0 Å². The number of carbonyl (C=O) groups is 1. The average Bonchev–Trinajstić information content (AvgIpc) is 3.08. The van der Waals surface area contributed by atoms with Crippen LogP contribution in [0, 0.1) is 0 Å². The van der Waals surface area contributed by atoms with Gasteiger partial charge in [0.2, 0.25) is 5.91 Å². The minimum absolute atomic E-state index is 0.189. The van der Waals surface area contributed by atoms with Gasteiger partial charge in [0, 0.05) is 12.3 Å². The molecular formula is C20H14N2O5S2. The number of nitrogens with one attached hydrogen (secondary N) is 1. The Bertz CT molecular complexity index is 1450. The third kappa shape index (κ3) is 3.96. The molecule has 7 nitrogen and oxygen atoms in total. The third-order valence-electron chi connectivity index (χ3n) is 4.14. The molecule has 29 heavy (non-hydrogen) atoms. The molecule has 0 unspecified atom stereocenters. The van der Waals surface area contributed by atoms with Gasteiger partial charge in [0.05, 0.1) is 26.1 Å². The van der Waals surface area contributed by atoms with Crippen LogP contribution in [0.5, 0.6) is 0 Å². The number of anilines is 1. The maximum absolute atomic E-state index is 12.4. The summed E-state index contributed by atoms with van der Waals surface area (Å²) in [6.07, 6.45) is 5.03. The van der Waals surface area contributed by atoms with Gasteiger partial charge in [-0.25, -0.2) is 13.4 Å². The summed E-state index contributed by atoms with van der Waals surface area (Å²) in [5.41, 5.74) is 1.07. The fraction of sp³-hybridized carbons (Fsp3) is 0.0500. The molecule has 9 heteroatoms. The first kappa shape index (κ1) is 19.0. The van der Waals surface area contributed by atoms with Crippen molar-refractivity contribution in [3.63, 3.8) is 0 Å². The van der Waals surface area contributed by atoms with E-state index in [1.807, 2.05) is 0 Å². The molecule has 0 fully saturated rings. The van der Waals surface area contributed by atoms with Gasteiger partial charge in [-0.2, -0.15) is 0 Å². The summed E-state index contributed by atoms with van der Waals surface area (Å²) in [6, 6.07) is 11.4. The number of amides is 1. The van der Waals surface area contributed by atoms with E-state index in [0.717, 1.165) is 17.6 Å². The first-order valence-electron chi connectivity index (χ1n) is 8.41. The number of hydrogen-bond acceptors (Lipinski definition) is 7. The molecule has 0 aliphatic carbocycles. The summed E-state index contributed by atoms with van der Waals surface area (Å²) in [6.45, 7) is 0. The summed E-state index contributed by atoms with van der Waals surface area (Å²) >= 11 is 1.16. The summed E-state index contributed by atoms with van der Waals surface area (Å²) < 4.78 is 29.4. The summed E-state index contributed by atoms with van der Waals surface area (Å²) in [5.74, 6) is -0.472. The minimum Gasteiger partial charge on any atom is -0.463 e. The van der Waals surface area contributed by atoms with Gasteiger partial charge in [-0.3, -0.25) is 14.9 Å². The Hall–Kier alpha value is -3.30. The quantitative estimate of drug-likeness (QED) is 0.501. The highest BCUT2D eigenvalue weighted by atomic mass is 32.2. The van der Waals surface area contributed by atoms with Crippen molar-refractivity contribution in [1.82, 2.24) is 4.98 Å². The zero-order chi connectivity index (χ0) is 20.6. The Morgan fingerprint density at radius 2 is 2.00 bits per heavy atom. The number of hydrogen-bond donors (Lipinski definition) is 1. The molecule has 0 atom stereocenters. The first-order valence-corrected chi connectivity index (χ1v) is 11.1. The molecule has 0 aliphatic rings. The molecule has 2 aromatic heterocycles. The van der Waals surface area contributed by atoms with Crippen LogP contribution >= 0.6 is 11.3 Å². The van der Waals surface area contributed by atoms with Gasteiger partial charge in [-0.05, 0) is 36.4 Å². The molecule has 4 aromatic rings. The van der Waals surface area contributed by atoms with Crippen molar-refractivity contribution < 1.29 is 17.6 Å². The molecule has 2 aromatic carbocycles. The molecule has 0 aliphatic heterocycles. The van der Waals surface area contributed by atoms with Crippen LogP contribution < -0.4 is 10.7 Å². The molecule has 0 radical (unpaired) electrons. The maximum atomic E-state index is 12.4. The number of para-hydroxylation sites is 1. The largest absolute Gasteiger partial charge is 0.463 e. The predicted molar refractivity (Wildman–Crippen MR) is 113 cm³/mol. The lowest BCUT2D eigenvalue weighted by Gasteiger charge is -1.98. The Morgan fingerprint density at radius 1 is 1.21 bits per heavy atom. The Morgan fingerprint density at radius 3 is 2.79 bits per heavy atom. The van der Waals surface area contributed by atoms with Crippen molar-refractivity contribution in [3.05, 3.63) is 70.6 Å². The van der Waals surface area contributed by atoms with Gasteiger partial charge >= 0.3 is 0 Å². The molecule has 1 N–H and O–H groups in total. The van der Waals surface area contributed by atoms with E-state index in [-0.39, 0.29) is 15.9 Å². The molecule has 0 saturated heterocycles. The van der Waals surface area contributed by atoms with Gasteiger partial charge < -0.3 is 4.42 Å². The van der Waals surface area contributed by atoms with E-state index in [9.17, 15) is 18.0 Å². The van der Waals surface area contributed by atoms with Crippen LogP contribution in [-0.2, 0) is 14.6 Å². The van der Waals surface area contributed by atoms with E-state index in [1.54, 1.807) is 30.3 Å². The van der Waals surface area contributed by atoms with E-state index in [4.69, 9.17) is 4.42 Å². The number of carbonyl (C=O) groups excluding carboxylic acids is 1.